The Morgan fingerprint density at radius 2 is 2.12 bits per heavy atom. The smallest absolute Gasteiger partial charge is 0.144 e. The molecule has 2 rings (SSSR count). The van der Waals surface area contributed by atoms with Gasteiger partial charge in [-0.25, -0.2) is 0 Å². The van der Waals surface area contributed by atoms with Crippen LogP contribution in [0.3, 0.4) is 0 Å². The molecule has 0 bridgehead atoms. The van der Waals surface area contributed by atoms with E-state index in [-0.39, 0.29) is 0 Å². The molecule has 0 aliphatic carbocycles. The van der Waals surface area contributed by atoms with Crippen molar-refractivity contribution in [1.29, 1.82) is 5.26 Å². The Morgan fingerprint density at radius 1 is 1.35 bits per heavy atom. The first-order valence-corrected chi connectivity index (χ1v) is 5.50. The predicted octanol–water partition coefficient (Wildman–Crippen LogP) is 2.86. The third-order valence-corrected chi connectivity index (χ3v) is 2.88. The number of hydrogen-bond acceptors (Lipinski definition) is 3. The molecule has 17 heavy (non-hydrogen) atoms. The van der Waals surface area contributed by atoms with E-state index in [2.05, 4.69) is 13.0 Å². The fourth-order valence-electron chi connectivity index (χ4n) is 2.12. The zero-order valence-corrected chi connectivity index (χ0v) is 9.95. The molecule has 0 radical (unpaired) electrons. The molecule has 0 amide bonds. The lowest BCUT2D eigenvalue weighted by molar-refractivity contribution is 0.418. The Bertz CT molecular complexity index is 612. The summed E-state index contributed by atoms with van der Waals surface area (Å²) >= 11 is 0. The zero-order valence-electron chi connectivity index (χ0n) is 9.95. The van der Waals surface area contributed by atoms with E-state index in [9.17, 15) is 0 Å². The number of nitriles is 1. The first kappa shape index (κ1) is 11.3. The Morgan fingerprint density at radius 3 is 2.71 bits per heavy atom. The highest BCUT2D eigenvalue weighted by Gasteiger charge is 2.11. The van der Waals surface area contributed by atoms with Gasteiger partial charge >= 0.3 is 0 Å². The molecule has 0 saturated carbocycles. The predicted molar refractivity (Wildman–Crippen MR) is 69.0 cm³/mol. The second kappa shape index (κ2) is 4.34. The van der Waals surface area contributed by atoms with Gasteiger partial charge in [0.15, 0.2) is 0 Å². The number of fused-ring (bicyclic) bond motifs is 1. The summed E-state index contributed by atoms with van der Waals surface area (Å²) in [5.74, 6) is 0.641. The van der Waals surface area contributed by atoms with Gasteiger partial charge in [0.05, 0.1) is 12.7 Å². The van der Waals surface area contributed by atoms with Gasteiger partial charge in [-0.1, -0.05) is 13.0 Å². The molecule has 0 fully saturated rings. The number of rotatable bonds is 2. The summed E-state index contributed by atoms with van der Waals surface area (Å²) < 4.78 is 5.37. The average molecular weight is 226 g/mol. The van der Waals surface area contributed by atoms with Gasteiger partial charge in [-0.15, -0.1) is 0 Å². The molecular weight excluding hydrogens is 212 g/mol. The van der Waals surface area contributed by atoms with E-state index in [1.165, 1.54) is 0 Å². The summed E-state index contributed by atoms with van der Waals surface area (Å²) in [5, 5.41) is 11.1. The topological polar surface area (TPSA) is 59.0 Å². The van der Waals surface area contributed by atoms with Gasteiger partial charge in [0.2, 0.25) is 0 Å². The number of benzene rings is 2. The Hall–Kier alpha value is -2.21. The van der Waals surface area contributed by atoms with E-state index in [0.717, 1.165) is 28.4 Å². The van der Waals surface area contributed by atoms with Crippen LogP contribution in [0, 0.1) is 11.3 Å². The highest BCUT2D eigenvalue weighted by molar-refractivity contribution is 5.95. The first-order chi connectivity index (χ1) is 8.21. The van der Waals surface area contributed by atoms with Gasteiger partial charge in [-0.05, 0) is 35.6 Å². The van der Waals surface area contributed by atoms with Crippen molar-refractivity contribution in [2.24, 2.45) is 0 Å². The van der Waals surface area contributed by atoms with Crippen molar-refractivity contribution in [3.05, 3.63) is 35.4 Å². The van der Waals surface area contributed by atoms with Crippen LogP contribution >= 0.6 is 0 Å². The number of anilines is 1. The van der Waals surface area contributed by atoms with Crippen LogP contribution in [-0.2, 0) is 6.42 Å². The molecule has 0 aromatic heterocycles. The van der Waals surface area contributed by atoms with Crippen LogP contribution in [0.4, 0.5) is 5.69 Å². The molecule has 0 heterocycles. The quantitative estimate of drug-likeness (QED) is 0.801. The Labute approximate surface area is 100 Å². The zero-order chi connectivity index (χ0) is 12.4. The molecule has 2 aromatic carbocycles. The lowest BCUT2D eigenvalue weighted by Crippen LogP contribution is -1.95. The summed E-state index contributed by atoms with van der Waals surface area (Å²) in [5.41, 5.74) is 8.25. The van der Waals surface area contributed by atoms with Crippen LogP contribution in [-0.4, -0.2) is 7.11 Å². The molecule has 0 aliphatic rings. The molecule has 0 atom stereocenters. The second-order valence-electron chi connectivity index (χ2n) is 3.89. The summed E-state index contributed by atoms with van der Waals surface area (Å²) in [4.78, 5) is 0. The van der Waals surface area contributed by atoms with E-state index < -0.39 is 0 Å². The lowest BCUT2D eigenvalue weighted by Gasteiger charge is -2.12. The van der Waals surface area contributed by atoms with Crippen molar-refractivity contribution in [2.45, 2.75) is 13.3 Å². The fraction of sp³-hybridized carbons (Fsp3) is 0.214. The van der Waals surface area contributed by atoms with Gasteiger partial charge in [0.25, 0.3) is 0 Å². The van der Waals surface area contributed by atoms with E-state index >= 15 is 0 Å². The number of aryl methyl sites for hydroxylation is 1. The number of nitrogens with zero attached hydrogens (tertiary/aromatic N) is 1. The van der Waals surface area contributed by atoms with Crippen molar-refractivity contribution < 1.29 is 4.74 Å². The van der Waals surface area contributed by atoms with Crippen molar-refractivity contribution in [3.8, 4) is 11.8 Å². The highest BCUT2D eigenvalue weighted by Crippen LogP contribution is 2.34. The molecule has 3 nitrogen and oxygen atoms in total. The van der Waals surface area contributed by atoms with Crippen molar-refractivity contribution >= 4 is 16.5 Å². The monoisotopic (exact) mass is 226 g/mol. The average Bonchev–Trinajstić information content (AvgIpc) is 2.36. The van der Waals surface area contributed by atoms with Crippen molar-refractivity contribution in [3.63, 3.8) is 0 Å². The molecular formula is C14H14N2O. The van der Waals surface area contributed by atoms with E-state index in [0.29, 0.717) is 11.3 Å². The normalized spacial score (nSPS) is 10.2. The van der Waals surface area contributed by atoms with E-state index in [1.807, 2.05) is 18.2 Å². The third-order valence-electron chi connectivity index (χ3n) is 2.88. The third kappa shape index (κ3) is 1.78. The molecule has 0 saturated heterocycles. The Balaban J connectivity index is 2.92. The van der Waals surface area contributed by atoms with Gasteiger partial charge in [0.1, 0.15) is 11.8 Å². The minimum atomic E-state index is 0.555. The molecule has 3 heteroatoms. The Kier molecular flexibility index (Phi) is 2.88. The van der Waals surface area contributed by atoms with Crippen molar-refractivity contribution in [2.75, 3.05) is 12.8 Å². The summed E-state index contributed by atoms with van der Waals surface area (Å²) in [6.07, 6.45) is 0.854. The number of ether oxygens (including phenoxy) is 1. The van der Waals surface area contributed by atoms with Gasteiger partial charge in [0, 0.05) is 11.1 Å². The van der Waals surface area contributed by atoms with Gasteiger partial charge in [-0.3, -0.25) is 0 Å². The van der Waals surface area contributed by atoms with Crippen molar-refractivity contribution in [1.82, 2.24) is 0 Å². The van der Waals surface area contributed by atoms with Crippen LogP contribution in [0.15, 0.2) is 24.3 Å². The maximum Gasteiger partial charge on any atom is 0.144 e. The SMILES string of the molecule is CCc1cc(N)cc2ccc(C#N)c(OC)c12. The molecule has 0 unspecified atom stereocenters. The maximum absolute atomic E-state index is 9.07. The lowest BCUT2D eigenvalue weighted by atomic mass is 9.98. The molecule has 2 aromatic rings. The van der Waals surface area contributed by atoms with Gasteiger partial charge in [-0.2, -0.15) is 5.26 Å². The first-order valence-electron chi connectivity index (χ1n) is 5.50. The van der Waals surface area contributed by atoms with Crippen LogP contribution in [0.2, 0.25) is 0 Å². The van der Waals surface area contributed by atoms with Crippen LogP contribution < -0.4 is 10.5 Å². The minimum absolute atomic E-state index is 0.555. The number of hydrogen-bond donors (Lipinski definition) is 1. The number of methoxy groups -OCH3 is 1. The second-order valence-corrected chi connectivity index (χ2v) is 3.89. The summed E-state index contributed by atoms with van der Waals surface area (Å²) in [6, 6.07) is 9.66. The van der Waals surface area contributed by atoms with Crippen LogP contribution in [0.1, 0.15) is 18.1 Å². The van der Waals surface area contributed by atoms with Gasteiger partial charge < -0.3 is 10.5 Å². The molecule has 2 N–H and O–H groups in total. The van der Waals surface area contributed by atoms with Crippen LogP contribution in [0.5, 0.6) is 5.75 Å². The fourth-order valence-corrected chi connectivity index (χ4v) is 2.12. The number of nitrogens with two attached hydrogens (primary N) is 1. The largest absolute Gasteiger partial charge is 0.495 e. The summed E-state index contributed by atoms with van der Waals surface area (Å²) in [6.45, 7) is 2.06. The highest BCUT2D eigenvalue weighted by atomic mass is 16.5. The summed E-state index contributed by atoms with van der Waals surface area (Å²) in [7, 11) is 1.59. The van der Waals surface area contributed by atoms with Crippen LogP contribution in [0.25, 0.3) is 10.8 Å². The molecule has 86 valence electrons. The standard InChI is InChI=1S/C14H14N2O/c1-3-9-6-12(16)7-10-4-5-11(8-15)14(17-2)13(9)10/h4-7H,3,16H2,1-2H3. The number of nitrogen functional groups attached to an aromatic ring is 1. The minimum Gasteiger partial charge on any atom is -0.495 e. The molecule has 0 aliphatic heterocycles. The molecule has 0 spiro atoms. The van der Waals surface area contributed by atoms with E-state index in [4.69, 9.17) is 15.7 Å². The maximum atomic E-state index is 9.07. The van der Waals surface area contributed by atoms with E-state index in [1.54, 1.807) is 13.2 Å².